The molecule has 0 unspecified atom stereocenters. The fourth-order valence-corrected chi connectivity index (χ4v) is 2.31. The maximum Gasteiger partial charge on any atom is 0.255 e. The molecule has 1 heterocycles. The number of halogens is 1. The van der Waals surface area contributed by atoms with Gasteiger partial charge in [0.15, 0.2) is 0 Å². The normalized spacial score (nSPS) is 10.0. The van der Waals surface area contributed by atoms with E-state index in [0.29, 0.717) is 30.8 Å². The van der Waals surface area contributed by atoms with Crippen LogP contribution in [-0.2, 0) is 6.54 Å². The Hall–Kier alpha value is -2.11. The fraction of sp³-hybridized carbons (Fsp3) is 0.294. The molecule has 6 heteroatoms. The fourth-order valence-electron chi connectivity index (χ4n) is 2.31. The number of aromatic amines is 1. The third-order valence-corrected chi connectivity index (χ3v) is 3.50. The largest absolute Gasteiger partial charge is 0.334 e. The van der Waals surface area contributed by atoms with E-state index >= 15 is 0 Å². The highest BCUT2D eigenvalue weighted by molar-refractivity contribution is 5.95. The average Bonchev–Trinajstić information content (AvgIpc) is 2.52. The van der Waals surface area contributed by atoms with Crippen molar-refractivity contribution in [3.63, 3.8) is 0 Å². The minimum absolute atomic E-state index is 0. The van der Waals surface area contributed by atoms with Crippen LogP contribution in [0.15, 0.2) is 47.4 Å². The Morgan fingerprint density at radius 1 is 1.26 bits per heavy atom. The molecule has 0 aliphatic carbocycles. The van der Waals surface area contributed by atoms with Gasteiger partial charge in [-0.15, -0.1) is 12.4 Å². The second kappa shape index (κ2) is 9.12. The first-order valence-corrected chi connectivity index (χ1v) is 7.34. The molecule has 0 aliphatic heterocycles. The lowest BCUT2D eigenvalue weighted by Gasteiger charge is -2.23. The summed E-state index contributed by atoms with van der Waals surface area (Å²) in [7, 11) is 0. The predicted octanol–water partition coefficient (Wildman–Crippen LogP) is 2.10. The van der Waals surface area contributed by atoms with Crippen molar-refractivity contribution in [1.29, 1.82) is 0 Å². The number of hydrogen-bond acceptors (Lipinski definition) is 3. The molecule has 2 aromatic rings. The summed E-state index contributed by atoms with van der Waals surface area (Å²) < 4.78 is 0. The lowest BCUT2D eigenvalue weighted by atomic mass is 10.1. The molecule has 1 aromatic heterocycles. The summed E-state index contributed by atoms with van der Waals surface area (Å²) in [4.78, 5) is 28.4. The van der Waals surface area contributed by atoms with Gasteiger partial charge < -0.3 is 15.6 Å². The second-order valence-corrected chi connectivity index (χ2v) is 5.25. The molecule has 0 spiro atoms. The van der Waals surface area contributed by atoms with Crippen LogP contribution < -0.4 is 11.3 Å². The molecule has 0 saturated heterocycles. The first-order valence-electron chi connectivity index (χ1n) is 7.34. The number of nitrogens with zero attached hydrogens (tertiary/aromatic N) is 1. The number of aromatic nitrogens is 1. The van der Waals surface area contributed by atoms with Gasteiger partial charge in [-0.05, 0) is 31.0 Å². The molecular weight excluding hydrogens is 314 g/mol. The van der Waals surface area contributed by atoms with E-state index in [9.17, 15) is 9.59 Å². The van der Waals surface area contributed by atoms with E-state index in [0.717, 1.165) is 12.0 Å². The summed E-state index contributed by atoms with van der Waals surface area (Å²) in [6.45, 7) is 3.41. The van der Waals surface area contributed by atoms with Gasteiger partial charge in [-0.3, -0.25) is 9.59 Å². The van der Waals surface area contributed by atoms with Gasteiger partial charge in [0.2, 0.25) is 5.56 Å². The first-order chi connectivity index (χ1) is 10.6. The third kappa shape index (κ3) is 5.23. The number of benzene rings is 1. The van der Waals surface area contributed by atoms with Crippen LogP contribution in [0.5, 0.6) is 0 Å². The van der Waals surface area contributed by atoms with Gasteiger partial charge in [-0.25, -0.2) is 0 Å². The summed E-state index contributed by atoms with van der Waals surface area (Å²) in [6, 6.07) is 11.3. The Morgan fingerprint density at radius 2 is 1.96 bits per heavy atom. The number of pyridine rings is 1. The SMILES string of the molecule is Cc1cc(=O)[nH]cc1C(=O)N(CCCN)Cc1ccccc1.Cl. The van der Waals surface area contributed by atoms with Crippen molar-refractivity contribution in [2.24, 2.45) is 5.73 Å². The molecule has 1 amide bonds. The molecule has 0 atom stereocenters. The second-order valence-electron chi connectivity index (χ2n) is 5.25. The zero-order valence-corrected chi connectivity index (χ0v) is 13.9. The van der Waals surface area contributed by atoms with Crippen molar-refractivity contribution in [2.75, 3.05) is 13.1 Å². The molecule has 124 valence electrons. The molecule has 3 N–H and O–H groups in total. The zero-order valence-electron chi connectivity index (χ0n) is 13.1. The van der Waals surface area contributed by atoms with Gasteiger partial charge in [0.05, 0.1) is 5.56 Å². The van der Waals surface area contributed by atoms with E-state index in [1.54, 1.807) is 11.8 Å². The summed E-state index contributed by atoms with van der Waals surface area (Å²) >= 11 is 0. The van der Waals surface area contributed by atoms with Crippen molar-refractivity contribution in [3.8, 4) is 0 Å². The highest BCUT2D eigenvalue weighted by Gasteiger charge is 2.18. The van der Waals surface area contributed by atoms with Gasteiger partial charge in [0.1, 0.15) is 0 Å². The monoisotopic (exact) mass is 335 g/mol. The zero-order chi connectivity index (χ0) is 15.9. The number of nitrogens with two attached hydrogens (primary N) is 1. The van der Waals surface area contributed by atoms with Gasteiger partial charge >= 0.3 is 0 Å². The van der Waals surface area contributed by atoms with Gasteiger partial charge in [0, 0.05) is 25.4 Å². The Morgan fingerprint density at radius 3 is 2.57 bits per heavy atom. The Balaban J connectivity index is 0.00000264. The van der Waals surface area contributed by atoms with E-state index in [-0.39, 0.29) is 23.9 Å². The minimum Gasteiger partial charge on any atom is -0.334 e. The van der Waals surface area contributed by atoms with E-state index in [1.165, 1.54) is 12.3 Å². The van der Waals surface area contributed by atoms with Crippen LogP contribution in [0, 0.1) is 6.92 Å². The topological polar surface area (TPSA) is 79.2 Å². The number of carbonyl (C=O) groups is 1. The molecule has 23 heavy (non-hydrogen) atoms. The number of aryl methyl sites for hydroxylation is 1. The van der Waals surface area contributed by atoms with Crippen LogP contribution in [0.3, 0.4) is 0 Å². The number of H-pyrrole nitrogens is 1. The van der Waals surface area contributed by atoms with Crippen LogP contribution in [0.25, 0.3) is 0 Å². The van der Waals surface area contributed by atoms with Crippen molar-refractivity contribution in [1.82, 2.24) is 9.88 Å². The molecular formula is C17H22ClN3O2. The van der Waals surface area contributed by atoms with Gasteiger partial charge in [-0.1, -0.05) is 30.3 Å². The Labute approximate surface area is 141 Å². The first kappa shape index (κ1) is 18.9. The van der Waals surface area contributed by atoms with Crippen molar-refractivity contribution in [3.05, 3.63) is 69.6 Å². The van der Waals surface area contributed by atoms with Crippen molar-refractivity contribution < 1.29 is 4.79 Å². The third-order valence-electron chi connectivity index (χ3n) is 3.50. The quantitative estimate of drug-likeness (QED) is 0.848. The van der Waals surface area contributed by atoms with Crippen LogP contribution in [0.2, 0.25) is 0 Å². The smallest absolute Gasteiger partial charge is 0.255 e. The minimum atomic E-state index is -0.203. The number of amides is 1. The van der Waals surface area contributed by atoms with Gasteiger partial charge in [-0.2, -0.15) is 0 Å². The van der Waals surface area contributed by atoms with Crippen LogP contribution in [0.1, 0.15) is 27.9 Å². The Bertz CT molecular complexity index is 686. The van der Waals surface area contributed by atoms with E-state index in [4.69, 9.17) is 5.73 Å². The van der Waals surface area contributed by atoms with Crippen molar-refractivity contribution in [2.45, 2.75) is 19.9 Å². The average molecular weight is 336 g/mol. The number of rotatable bonds is 6. The molecule has 0 fully saturated rings. The highest BCUT2D eigenvalue weighted by Crippen LogP contribution is 2.12. The van der Waals surface area contributed by atoms with E-state index in [2.05, 4.69) is 4.98 Å². The molecule has 2 rings (SSSR count). The Kier molecular flexibility index (Phi) is 7.51. The lowest BCUT2D eigenvalue weighted by molar-refractivity contribution is 0.0741. The summed E-state index contributed by atoms with van der Waals surface area (Å²) in [5.74, 6) is -0.0916. The van der Waals surface area contributed by atoms with E-state index < -0.39 is 0 Å². The maximum atomic E-state index is 12.8. The van der Waals surface area contributed by atoms with Crippen LogP contribution in [-0.4, -0.2) is 28.9 Å². The van der Waals surface area contributed by atoms with E-state index in [1.807, 2.05) is 30.3 Å². The molecule has 0 saturated carbocycles. The van der Waals surface area contributed by atoms with Crippen LogP contribution in [0.4, 0.5) is 0 Å². The standard InChI is InChI=1S/C17H21N3O2.ClH/c1-13-10-16(21)19-11-15(13)17(22)20(9-5-8-18)12-14-6-3-2-4-7-14;/h2-4,6-7,10-11H,5,8-9,12,18H2,1H3,(H,19,21);1H. The van der Waals surface area contributed by atoms with Gasteiger partial charge in [0.25, 0.3) is 5.91 Å². The lowest BCUT2D eigenvalue weighted by Crippen LogP contribution is -2.33. The summed E-state index contributed by atoms with van der Waals surface area (Å²) in [6.07, 6.45) is 2.22. The van der Waals surface area contributed by atoms with Crippen LogP contribution >= 0.6 is 12.4 Å². The molecule has 0 radical (unpaired) electrons. The predicted molar refractivity (Wildman–Crippen MR) is 93.9 cm³/mol. The summed E-state index contributed by atoms with van der Waals surface area (Å²) in [5.41, 5.74) is 7.64. The number of nitrogens with one attached hydrogen (secondary N) is 1. The number of hydrogen-bond donors (Lipinski definition) is 2. The molecule has 0 aliphatic rings. The van der Waals surface area contributed by atoms with Crippen molar-refractivity contribution >= 4 is 18.3 Å². The molecule has 0 bridgehead atoms. The molecule has 5 nitrogen and oxygen atoms in total. The number of carbonyl (C=O) groups excluding carboxylic acids is 1. The highest BCUT2D eigenvalue weighted by atomic mass is 35.5. The maximum absolute atomic E-state index is 12.8. The molecule has 1 aromatic carbocycles. The summed E-state index contributed by atoms with van der Waals surface area (Å²) in [5, 5.41) is 0.